The highest BCUT2D eigenvalue weighted by molar-refractivity contribution is 7.92. The van der Waals surface area contributed by atoms with E-state index >= 15 is 0 Å². The van der Waals surface area contributed by atoms with E-state index in [1.807, 2.05) is 0 Å². The minimum absolute atomic E-state index is 0.00345. The van der Waals surface area contributed by atoms with Crippen molar-refractivity contribution < 1.29 is 22.4 Å². The van der Waals surface area contributed by atoms with Gasteiger partial charge in [0.25, 0.3) is 0 Å². The first-order valence-corrected chi connectivity index (χ1v) is 8.75. The van der Waals surface area contributed by atoms with Gasteiger partial charge >= 0.3 is 6.03 Å². The van der Waals surface area contributed by atoms with Crippen molar-refractivity contribution in [1.82, 2.24) is 4.90 Å². The van der Waals surface area contributed by atoms with Crippen LogP contribution in [-0.2, 0) is 14.8 Å². The molecule has 0 bridgehead atoms. The van der Waals surface area contributed by atoms with Crippen LogP contribution in [0, 0.1) is 17.1 Å². The van der Waals surface area contributed by atoms with Crippen molar-refractivity contribution in [2.24, 2.45) is 0 Å². The van der Waals surface area contributed by atoms with Gasteiger partial charge in [-0.3, -0.25) is 9.52 Å². The number of nitrogens with one attached hydrogen (secondary N) is 1. The van der Waals surface area contributed by atoms with E-state index in [1.54, 1.807) is 13.0 Å². The number of urea groups is 1. The molecule has 128 valence electrons. The van der Waals surface area contributed by atoms with Gasteiger partial charge in [-0.05, 0) is 19.1 Å². The highest BCUT2D eigenvalue weighted by Gasteiger charge is 2.37. The summed E-state index contributed by atoms with van der Waals surface area (Å²) < 4.78 is 39.2. The van der Waals surface area contributed by atoms with Crippen LogP contribution in [0.25, 0.3) is 0 Å². The van der Waals surface area contributed by atoms with Gasteiger partial charge in [0.05, 0.1) is 23.2 Å². The second-order valence-corrected chi connectivity index (χ2v) is 7.26. The Kier molecular flexibility index (Phi) is 4.48. The molecule has 1 aromatic rings. The molecule has 1 N–H and O–H groups in total. The molecule has 1 unspecified atom stereocenters. The normalized spacial score (nSPS) is 18.5. The minimum Gasteiger partial charge on any atom is -0.324 e. The van der Waals surface area contributed by atoms with Crippen LogP contribution in [0.3, 0.4) is 0 Å². The lowest BCUT2D eigenvalue weighted by atomic mass is 10.1. The van der Waals surface area contributed by atoms with Gasteiger partial charge < -0.3 is 4.90 Å². The Hall–Kier alpha value is -2.67. The molecular formula is C14H15FN4O4S. The van der Waals surface area contributed by atoms with Crippen LogP contribution < -0.4 is 9.62 Å². The number of sulfonamides is 1. The van der Waals surface area contributed by atoms with Gasteiger partial charge in [-0.25, -0.2) is 22.5 Å². The molecule has 1 fully saturated rings. The first kappa shape index (κ1) is 17.7. The lowest BCUT2D eigenvalue weighted by Crippen LogP contribution is -2.55. The number of halogens is 1. The fourth-order valence-electron chi connectivity index (χ4n) is 2.28. The number of anilines is 2. The number of imide groups is 1. The summed E-state index contributed by atoms with van der Waals surface area (Å²) >= 11 is 0. The number of nitriles is 1. The Labute approximate surface area is 138 Å². The first-order chi connectivity index (χ1) is 11.0. The fourth-order valence-corrected chi connectivity index (χ4v) is 2.85. The lowest BCUT2D eigenvalue weighted by molar-refractivity contribution is -0.120. The van der Waals surface area contributed by atoms with E-state index in [4.69, 9.17) is 5.26 Å². The Balaban J connectivity index is 2.58. The summed E-state index contributed by atoms with van der Waals surface area (Å²) in [5.74, 6) is -1.59. The van der Waals surface area contributed by atoms with E-state index in [1.165, 1.54) is 11.9 Å². The average molecular weight is 354 g/mol. The zero-order valence-electron chi connectivity index (χ0n) is 13.2. The molecule has 8 nitrogen and oxygen atoms in total. The smallest absolute Gasteiger partial charge is 0.324 e. The molecule has 0 aromatic heterocycles. The van der Waals surface area contributed by atoms with Crippen molar-refractivity contribution in [2.75, 3.05) is 22.9 Å². The van der Waals surface area contributed by atoms with E-state index in [2.05, 4.69) is 4.72 Å². The van der Waals surface area contributed by atoms with Gasteiger partial charge in [0.2, 0.25) is 15.9 Å². The van der Waals surface area contributed by atoms with E-state index in [0.29, 0.717) is 4.90 Å². The number of nitrogens with zero attached hydrogens (tertiary/aromatic N) is 3. The summed E-state index contributed by atoms with van der Waals surface area (Å²) in [7, 11) is -2.26. The molecule has 1 saturated heterocycles. The second-order valence-electron chi connectivity index (χ2n) is 5.51. The molecule has 0 radical (unpaired) electrons. The van der Waals surface area contributed by atoms with Gasteiger partial charge in [0.1, 0.15) is 11.9 Å². The summed E-state index contributed by atoms with van der Waals surface area (Å²) in [5.41, 5.74) is -0.882. The molecule has 1 atom stereocenters. The molecule has 0 saturated carbocycles. The number of hydrogen-bond donors (Lipinski definition) is 1. The van der Waals surface area contributed by atoms with E-state index < -0.39 is 33.5 Å². The highest BCUT2D eigenvalue weighted by atomic mass is 32.2. The predicted molar refractivity (Wildman–Crippen MR) is 84.3 cm³/mol. The molecule has 1 aliphatic heterocycles. The summed E-state index contributed by atoms with van der Waals surface area (Å²) in [4.78, 5) is 26.4. The van der Waals surface area contributed by atoms with Crippen molar-refractivity contribution in [3.63, 3.8) is 0 Å². The molecule has 1 aliphatic rings. The van der Waals surface area contributed by atoms with Crippen molar-refractivity contribution in [3.05, 3.63) is 23.5 Å². The summed E-state index contributed by atoms with van der Waals surface area (Å²) in [6.45, 7) is 1.68. The number of hydrogen-bond acceptors (Lipinski definition) is 5. The zero-order chi connectivity index (χ0) is 18.2. The van der Waals surface area contributed by atoms with Crippen LogP contribution in [0.1, 0.15) is 18.9 Å². The zero-order valence-corrected chi connectivity index (χ0v) is 14.0. The number of carbonyl (C=O) groups excluding carboxylic acids is 2. The maximum atomic E-state index is 14.3. The van der Waals surface area contributed by atoms with Crippen molar-refractivity contribution >= 4 is 33.3 Å². The molecule has 0 spiro atoms. The molecule has 0 aliphatic carbocycles. The van der Waals surface area contributed by atoms with Crippen LogP contribution >= 0.6 is 0 Å². The number of amides is 3. The quantitative estimate of drug-likeness (QED) is 0.878. The van der Waals surface area contributed by atoms with Gasteiger partial charge in [-0.15, -0.1) is 0 Å². The summed E-state index contributed by atoms with van der Waals surface area (Å²) in [6.07, 6.45) is 0.861. The van der Waals surface area contributed by atoms with E-state index in [9.17, 15) is 22.4 Å². The Bertz CT molecular complexity index is 862. The third-order valence-electron chi connectivity index (χ3n) is 3.62. The third kappa shape index (κ3) is 3.30. The maximum absolute atomic E-state index is 14.3. The first-order valence-electron chi connectivity index (χ1n) is 6.86. The van der Waals surface area contributed by atoms with E-state index in [-0.39, 0.29) is 23.7 Å². The largest absolute Gasteiger partial charge is 0.331 e. The molecule has 2 rings (SSSR count). The molecule has 10 heteroatoms. The molecule has 3 amide bonds. The molecular weight excluding hydrogens is 339 g/mol. The van der Waals surface area contributed by atoms with Crippen molar-refractivity contribution in [3.8, 4) is 6.07 Å². The van der Waals surface area contributed by atoms with Crippen LogP contribution in [0.4, 0.5) is 20.6 Å². The van der Waals surface area contributed by atoms with Gasteiger partial charge in [0, 0.05) is 19.5 Å². The topological polar surface area (TPSA) is 111 Å². The van der Waals surface area contributed by atoms with Crippen molar-refractivity contribution in [2.45, 2.75) is 19.4 Å². The van der Waals surface area contributed by atoms with Crippen LogP contribution in [0.15, 0.2) is 12.1 Å². The molecule has 1 aromatic carbocycles. The van der Waals surface area contributed by atoms with E-state index in [0.717, 1.165) is 18.4 Å². The molecule has 1 heterocycles. The highest BCUT2D eigenvalue weighted by Crippen LogP contribution is 2.31. The van der Waals surface area contributed by atoms with Gasteiger partial charge in [-0.2, -0.15) is 5.26 Å². The van der Waals surface area contributed by atoms with Crippen molar-refractivity contribution in [1.29, 1.82) is 5.26 Å². The lowest BCUT2D eigenvalue weighted by Gasteiger charge is -2.36. The summed E-state index contributed by atoms with van der Waals surface area (Å²) in [6, 6.07) is 2.34. The monoisotopic (exact) mass is 354 g/mol. The second kappa shape index (κ2) is 6.09. The number of benzene rings is 1. The number of carbonyl (C=O) groups is 2. The van der Waals surface area contributed by atoms with Crippen LogP contribution in [-0.4, -0.2) is 44.6 Å². The SMILES string of the molecule is CC1CC(=O)N(c2cc(NS(C)(=O)=O)c(C#N)cc2F)C(=O)N1C. The molecule has 24 heavy (non-hydrogen) atoms. The fraction of sp³-hybridized carbons (Fsp3) is 0.357. The third-order valence-corrected chi connectivity index (χ3v) is 4.21. The van der Waals surface area contributed by atoms with Crippen LogP contribution in [0.2, 0.25) is 0 Å². The predicted octanol–water partition coefficient (Wildman–Crippen LogP) is 1.25. The Morgan fingerprint density at radius 1 is 1.38 bits per heavy atom. The van der Waals surface area contributed by atoms with Gasteiger partial charge in [0.15, 0.2) is 0 Å². The maximum Gasteiger partial charge on any atom is 0.331 e. The standard InChI is InChI=1S/C14H15FN4O4S/c1-8-4-13(20)19(14(21)18(8)2)12-6-11(17-24(3,22)23)9(7-16)5-10(12)15/h5-6,8,17H,4H2,1-3H3. The minimum atomic E-state index is -3.74. The van der Waals surface area contributed by atoms with Gasteiger partial charge in [-0.1, -0.05) is 0 Å². The Morgan fingerprint density at radius 2 is 2.00 bits per heavy atom. The number of rotatable bonds is 3. The van der Waals surface area contributed by atoms with Crippen LogP contribution in [0.5, 0.6) is 0 Å². The average Bonchev–Trinajstić information content (AvgIpc) is 2.46. The Morgan fingerprint density at radius 3 is 2.54 bits per heavy atom. The summed E-state index contributed by atoms with van der Waals surface area (Å²) in [5, 5.41) is 9.01.